The number of rotatable bonds is 5. The molecule has 2 aromatic heterocycles. The minimum absolute atomic E-state index is 0.0615. The molecule has 4 aromatic rings. The summed E-state index contributed by atoms with van der Waals surface area (Å²) in [5, 5.41) is 19.0. The molecule has 37 heavy (non-hydrogen) atoms. The summed E-state index contributed by atoms with van der Waals surface area (Å²) in [5.74, 6) is -2.39. The fourth-order valence-corrected chi connectivity index (χ4v) is 5.64. The van der Waals surface area contributed by atoms with E-state index in [9.17, 15) is 18.7 Å². The van der Waals surface area contributed by atoms with Gasteiger partial charge in [0, 0.05) is 35.5 Å². The molecule has 0 atom stereocenters. The van der Waals surface area contributed by atoms with Gasteiger partial charge in [-0.3, -0.25) is 9.89 Å². The molecule has 0 spiro atoms. The van der Waals surface area contributed by atoms with Crippen LogP contribution in [0.1, 0.15) is 50.1 Å². The third kappa shape index (κ3) is 4.52. The molecule has 1 saturated heterocycles. The number of aromatic nitrogens is 3. The van der Waals surface area contributed by atoms with Crippen LogP contribution in [-0.2, 0) is 9.53 Å². The second-order valence-electron chi connectivity index (χ2n) is 9.98. The van der Waals surface area contributed by atoms with Crippen LogP contribution in [0.5, 0.6) is 5.88 Å². The van der Waals surface area contributed by atoms with E-state index in [0.29, 0.717) is 50.3 Å². The lowest BCUT2D eigenvalue weighted by atomic mass is 9.86. The Morgan fingerprint density at radius 2 is 1.78 bits per heavy atom. The molecule has 0 bridgehead atoms. The van der Waals surface area contributed by atoms with Crippen LogP contribution in [0.25, 0.3) is 32.8 Å². The van der Waals surface area contributed by atoms with Crippen molar-refractivity contribution in [3.05, 3.63) is 53.9 Å². The number of fused-ring (bicyclic) bond motifs is 2. The van der Waals surface area contributed by atoms with Gasteiger partial charge >= 0.3 is 5.97 Å². The van der Waals surface area contributed by atoms with Crippen LogP contribution < -0.4 is 4.74 Å². The predicted octanol–water partition coefficient (Wildman–Crippen LogP) is 5.97. The first-order chi connectivity index (χ1) is 18.0. The number of hydrogen-bond donors (Lipinski definition) is 2. The summed E-state index contributed by atoms with van der Waals surface area (Å²) in [7, 11) is 0. The van der Waals surface area contributed by atoms with Crippen molar-refractivity contribution >= 4 is 27.6 Å². The van der Waals surface area contributed by atoms with Gasteiger partial charge in [-0.15, -0.1) is 0 Å². The fraction of sp³-hybridized carbons (Fsp3) is 0.393. The Morgan fingerprint density at radius 1 is 1.00 bits per heavy atom. The zero-order chi connectivity index (χ0) is 25.5. The minimum atomic E-state index is -0.913. The maximum atomic E-state index is 14.4. The highest BCUT2D eigenvalue weighted by Gasteiger charge is 2.30. The van der Waals surface area contributed by atoms with E-state index >= 15 is 0 Å². The molecule has 6 rings (SSSR count). The summed E-state index contributed by atoms with van der Waals surface area (Å²) in [6, 6.07) is 7.88. The van der Waals surface area contributed by atoms with Crippen molar-refractivity contribution in [3.8, 4) is 17.0 Å². The first-order valence-electron chi connectivity index (χ1n) is 12.7. The molecule has 7 nitrogen and oxygen atoms in total. The van der Waals surface area contributed by atoms with Gasteiger partial charge in [0.15, 0.2) is 11.6 Å². The molecule has 1 aliphatic carbocycles. The SMILES string of the molecule is O=C(O)[C@H]1CC[C@H](Oc2nc(C3CCOCC3)c(-c3ccc(F)c(F)c3)c3cc4cn[nH]c4cc23)CC1. The summed E-state index contributed by atoms with van der Waals surface area (Å²) in [4.78, 5) is 16.5. The highest BCUT2D eigenvalue weighted by molar-refractivity contribution is 6.06. The predicted molar refractivity (Wildman–Crippen MR) is 134 cm³/mol. The van der Waals surface area contributed by atoms with E-state index in [0.717, 1.165) is 51.8 Å². The number of carboxylic acids is 1. The van der Waals surface area contributed by atoms with Crippen LogP contribution in [0.4, 0.5) is 8.78 Å². The number of carbonyl (C=O) groups is 1. The summed E-state index contributed by atoms with van der Waals surface area (Å²) in [6.45, 7) is 1.19. The maximum absolute atomic E-state index is 14.4. The number of aromatic amines is 1. The first kappa shape index (κ1) is 23.8. The van der Waals surface area contributed by atoms with Crippen molar-refractivity contribution in [1.29, 1.82) is 0 Å². The average molecular weight is 508 g/mol. The van der Waals surface area contributed by atoms with E-state index in [1.54, 1.807) is 12.3 Å². The standard InChI is InChI=1S/C28H27F2N3O4/c29-22-6-3-17(12-23(22)30)25-20-11-18-14-31-33-24(18)13-21(20)27(32-26(25)15-7-9-36-10-8-15)37-19-4-1-16(2-5-19)28(34)35/h3,6,11-16,19H,1-2,4-5,7-10H2,(H,31,33)(H,34,35)/t16-,19-. The molecule has 2 aliphatic rings. The van der Waals surface area contributed by atoms with E-state index in [1.165, 1.54) is 6.07 Å². The van der Waals surface area contributed by atoms with Crippen LogP contribution in [0, 0.1) is 17.6 Å². The van der Waals surface area contributed by atoms with Gasteiger partial charge in [0.2, 0.25) is 5.88 Å². The van der Waals surface area contributed by atoms with Crippen molar-refractivity contribution in [3.63, 3.8) is 0 Å². The van der Waals surface area contributed by atoms with Gasteiger partial charge in [-0.25, -0.2) is 13.8 Å². The van der Waals surface area contributed by atoms with Crippen molar-refractivity contribution in [2.45, 2.75) is 50.5 Å². The van der Waals surface area contributed by atoms with Crippen LogP contribution in [0.15, 0.2) is 36.5 Å². The van der Waals surface area contributed by atoms with Crippen LogP contribution >= 0.6 is 0 Å². The number of pyridine rings is 1. The molecule has 0 radical (unpaired) electrons. The Labute approximate surface area is 211 Å². The number of benzene rings is 2. The Kier molecular flexibility index (Phi) is 6.24. The number of aliphatic carboxylic acids is 1. The Bertz CT molecular complexity index is 1470. The summed E-state index contributed by atoms with van der Waals surface area (Å²) in [6.07, 6.45) is 5.46. The number of carboxylic acid groups (broad SMARTS) is 1. The number of ether oxygens (including phenoxy) is 2. The molecule has 2 fully saturated rings. The highest BCUT2D eigenvalue weighted by atomic mass is 19.2. The number of H-pyrrole nitrogens is 1. The Hall–Kier alpha value is -3.59. The van der Waals surface area contributed by atoms with Gasteiger partial charge in [-0.05, 0) is 73.7 Å². The van der Waals surface area contributed by atoms with Crippen LogP contribution in [0.3, 0.4) is 0 Å². The van der Waals surface area contributed by atoms with Crippen molar-refractivity contribution in [2.75, 3.05) is 13.2 Å². The van der Waals surface area contributed by atoms with Crippen LogP contribution in [0.2, 0.25) is 0 Å². The maximum Gasteiger partial charge on any atom is 0.306 e. The molecular formula is C28H27F2N3O4. The average Bonchev–Trinajstić information content (AvgIpc) is 3.37. The molecule has 2 N–H and O–H groups in total. The smallest absolute Gasteiger partial charge is 0.306 e. The van der Waals surface area contributed by atoms with Crippen molar-refractivity contribution in [2.24, 2.45) is 5.92 Å². The van der Waals surface area contributed by atoms with Gasteiger partial charge in [0.1, 0.15) is 6.10 Å². The third-order valence-electron chi connectivity index (χ3n) is 7.67. The van der Waals surface area contributed by atoms with Gasteiger partial charge < -0.3 is 14.6 Å². The lowest BCUT2D eigenvalue weighted by molar-refractivity contribution is -0.143. The molecule has 3 heterocycles. The second kappa shape index (κ2) is 9.70. The third-order valence-corrected chi connectivity index (χ3v) is 7.67. The largest absolute Gasteiger partial charge is 0.481 e. The highest BCUT2D eigenvalue weighted by Crippen LogP contribution is 2.43. The zero-order valence-corrected chi connectivity index (χ0v) is 20.2. The monoisotopic (exact) mass is 507 g/mol. The molecule has 2 aromatic carbocycles. The molecule has 192 valence electrons. The van der Waals surface area contributed by atoms with E-state index in [2.05, 4.69) is 10.2 Å². The zero-order valence-electron chi connectivity index (χ0n) is 20.2. The lowest BCUT2D eigenvalue weighted by Crippen LogP contribution is -2.28. The normalized spacial score (nSPS) is 20.9. The Balaban J connectivity index is 1.53. The summed E-state index contributed by atoms with van der Waals surface area (Å²) >= 11 is 0. The molecule has 0 amide bonds. The fourth-order valence-electron chi connectivity index (χ4n) is 5.64. The van der Waals surface area contributed by atoms with E-state index < -0.39 is 17.6 Å². The molecule has 0 unspecified atom stereocenters. The lowest BCUT2D eigenvalue weighted by Gasteiger charge is -2.29. The summed E-state index contributed by atoms with van der Waals surface area (Å²) < 4.78 is 40.4. The molecule has 9 heteroatoms. The number of nitrogens with zero attached hydrogens (tertiary/aromatic N) is 2. The van der Waals surface area contributed by atoms with Crippen molar-refractivity contribution < 1.29 is 28.2 Å². The van der Waals surface area contributed by atoms with Gasteiger partial charge in [-0.1, -0.05) is 6.07 Å². The van der Waals surface area contributed by atoms with E-state index in [-0.39, 0.29) is 17.9 Å². The first-order valence-corrected chi connectivity index (χ1v) is 12.7. The van der Waals surface area contributed by atoms with Crippen molar-refractivity contribution in [1.82, 2.24) is 15.2 Å². The van der Waals surface area contributed by atoms with Gasteiger partial charge in [0.25, 0.3) is 0 Å². The van der Waals surface area contributed by atoms with E-state index in [4.69, 9.17) is 14.5 Å². The quantitative estimate of drug-likeness (QED) is 0.345. The number of nitrogens with one attached hydrogen (secondary N) is 1. The van der Waals surface area contributed by atoms with E-state index in [1.807, 2.05) is 12.1 Å². The summed E-state index contributed by atoms with van der Waals surface area (Å²) in [5.41, 5.74) is 2.89. The minimum Gasteiger partial charge on any atom is -0.481 e. The molecular weight excluding hydrogens is 480 g/mol. The molecule has 1 aliphatic heterocycles. The van der Waals surface area contributed by atoms with Crippen LogP contribution in [-0.4, -0.2) is 45.6 Å². The Morgan fingerprint density at radius 3 is 2.51 bits per heavy atom. The van der Waals surface area contributed by atoms with Gasteiger partial charge in [-0.2, -0.15) is 5.10 Å². The topological polar surface area (TPSA) is 97.3 Å². The second-order valence-corrected chi connectivity index (χ2v) is 9.98. The number of hydrogen-bond acceptors (Lipinski definition) is 5. The van der Waals surface area contributed by atoms with Gasteiger partial charge in [0.05, 0.1) is 23.3 Å². The molecule has 1 saturated carbocycles. The number of halogens is 2.